The summed E-state index contributed by atoms with van der Waals surface area (Å²) in [5.74, 6) is 0.0658. The standard InChI is InChI=1S/C6H5N3O2S/c7-4-5-2-1-3-8-6(5)9-12(10)11/h1-3,12H,(H,8,9,10,11). The molecular weight excluding hydrogens is 178 g/mol. The van der Waals surface area contributed by atoms with Gasteiger partial charge in [-0.25, -0.2) is 13.4 Å². The molecule has 0 aliphatic heterocycles. The van der Waals surface area contributed by atoms with E-state index in [1.807, 2.05) is 10.8 Å². The highest BCUT2D eigenvalue weighted by Crippen LogP contribution is 2.08. The first-order valence-electron chi connectivity index (χ1n) is 3.00. The van der Waals surface area contributed by atoms with Gasteiger partial charge in [0.2, 0.25) is 10.9 Å². The van der Waals surface area contributed by atoms with E-state index in [4.69, 9.17) is 5.26 Å². The van der Waals surface area contributed by atoms with Gasteiger partial charge < -0.3 is 0 Å². The summed E-state index contributed by atoms with van der Waals surface area (Å²) in [5, 5.41) is 8.50. The second kappa shape index (κ2) is 3.69. The molecular formula is C6H5N3O2S. The fourth-order valence-corrected chi connectivity index (χ4v) is 1.02. The summed E-state index contributed by atoms with van der Waals surface area (Å²) in [5.41, 5.74) is 0.205. The van der Waals surface area contributed by atoms with Crippen LogP contribution in [0.25, 0.3) is 0 Å². The Kier molecular flexibility index (Phi) is 2.61. The molecule has 0 aliphatic rings. The zero-order chi connectivity index (χ0) is 8.97. The van der Waals surface area contributed by atoms with E-state index >= 15 is 0 Å². The molecule has 0 aliphatic carbocycles. The first kappa shape index (κ1) is 8.49. The van der Waals surface area contributed by atoms with Crippen molar-refractivity contribution in [2.75, 3.05) is 4.72 Å². The molecule has 0 saturated heterocycles. The van der Waals surface area contributed by atoms with Crippen LogP contribution < -0.4 is 4.72 Å². The van der Waals surface area contributed by atoms with Gasteiger partial charge in [0, 0.05) is 6.20 Å². The molecule has 12 heavy (non-hydrogen) atoms. The quantitative estimate of drug-likeness (QED) is 0.627. The molecule has 1 heterocycles. The van der Waals surface area contributed by atoms with Crippen LogP contribution in [0.3, 0.4) is 0 Å². The second-order valence-corrected chi connectivity index (χ2v) is 2.62. The van der Waals surface area contributed by atoms with E-state index in [1.165, 1.54) is 12.3 Å². The predicted molar refractivity (Wildman–Crippen MR) is 42.9 cm³/mol. The first-order valence-corrected chi connectivity index (χ1v) is 4.18. The number of nitriles is 1. The largest absolute Gasteiger partial charge is 0.268 e. The van der Waals surface area contributed by atoms with Gasteiger partial charge in [-0.1, -0.05) is 0 Å². The smallest absolute Gasteiger partial charge is 0.223 e. The highest BCUT2D eigenvalue weighted by molar-refractivity contribution is 7.73. The lowest BCUT2D eigenvalue weighted by molar-refractivity contribution is 0.619. The lowest BCUT2D eigenvalue weighted by atomic mass is 10.3. The SMILES string of the molecule is N#Cc1cccnc1N[SH](=O)=O. The van der Waals surface area contributed by atoms with Gasteiger partial charge in [0.25, 0.3) is 0 Å². The lowest BCUT2D eigenvalue weighted by Crippen LogP contribution is -1.99. The van der Waals surface area contributed by atoms with Crippen LogP contribution >= 0.6 is 0 Å². The Morgan fingerprint density at radius 3 is 2.92 bits per heavy atom. The van der Waals surface area contributed by atoms with Gasteiger partial charge in [0.1, 0.15) is 6.07 Å². The molecule has 5 nitrogen and oxygen atoms in total. The minimum absolute atomic E-state index is 0.0658. The number of anilines is 1. The van der Waals surface area contributed by atoms with E-state index in [-0.39, 0.29) is 11.4 Å². The molecule has 0 saturated carbocycles. The van der Waals surface area contributed by atoms with E-state index in [9.17, 15) is 8.42 Å². The van der Waals surface area contributed by atoms with Crippen LogP contribution in [-0.4, -0.2) is 13.4 Å². The third kappa shape index (κ3) is 1.93. The second-order valence-electron chi connectivity index (χ2n) is 1.88. The summed E-state index contributed by atoms with van der Waals surface area (Å²) in [6, 6.07) is 4.85. The number of rotatable bonds is 2. The summed E-state index contributed by atoms with van der Waals surface area (Å²) < 4.78 is 22.5. The Morgan fingerprint density at radius 1 is 1.58 bits per heavy atom. The minimum Gasteiger partial charge on any atom is -0.268 e. The highest BCUT2D eigenvalue weighted by Gasteiger charge is 2.00. The third-order valence-corrected chi connectivity index (χ3v) is 1.52. The maximum absolute atomic E-state index is 10.2. The van der Waals surface area contributed by atoms with E-state index in [0.717, 1.165) is 0 Å². The van der Waals surface area contributed by atoms with Gasteiger partial charge in [-0.15, -0.1) is 0 Å². The van der Waals surface area contributed by atoms with Crippen molar-refractivity contribution in [1.82, 2.24) is 4.98 Å². The predicted octanol–water partition coefficient (Wildman–Crippen LogP) is -0.108. The fourth-order valence-electron chi connectivity index (χ4n) is 0.671. The molecule has 0 spiro atoms. The average Bonchev–Trinajstić information content (AvgIpc) is 2.04. The van der Waals surface area contributed by atoms with Gasteiger partial charge in [0.05, 0.1) is 5.56 Å². The van der Waals surface area contributed by atoms with Gasteiger partial charge >= 0.3 is 0 Å². The number of thiol groups is 1. The molecule has 0 amide bonds. The van der Waals surface area contributed by atoms with Crippen LogP contribution in [0.4, 0.5) is 5.82 Å². The molecule has 0 atom stereocenters. The summed E-state index contributed by atoms with van der Waals surface area (Å²) >= 11 is 0. The average molecular weight is 183 g/mol. The van der Waals surface area contributed by atoms with E-state index < -0.39 is 10.9 Å². The Morgan fingerprint density at radius 2 is 2.33 bits per heavy atom. The molecule has 1 rings (SSSR count). The lowest BCUT2D eigenvalue weighted by Gasteiger charge is -1.97. The van der Waals surface area contributed by atoms with Crippen molar-refractivity contribution < 1.29 is 8.42 Å². The molecule has 1 N–H and O–H groups in total. The van der Waals surface area contributed by atoms with Crippen molar-refractivity contribution in [3.63, 3.8) is 0 Å². The number of hydrogen-bond donors (Lipinski definition) is 2. The molecule has 0 fully saturated rings. The normalized spacial score (nSPS) is 9.33. The topological polar surface area (TPSA) is 82.8 Å². The van der Waals surface area contributed by atoms with Crippen molar-refractivity contribution in [1.29, 1.82) is 5.26 Å². The third-order valence-electron chi connectivity index (χ3n) is 1.13. The first-order chi connectivity index (χ1) is 5.74. The fraction of sp³-hybridized carbons (Fsp3) is 0. The van der Waals surface area contributed by atoms with E-state index in [0.29, 0.717) is 0 Å². The number of pyridine rings is 1. The number of hydrogen-bond acceptors (Lipinski definition) is 4. The Hall–Kier alpha value is -1.61. The van der Waals surface area contributed by atoms with Crippen LogP contribution in [0, 0.1) is 11.3 Å². The molecule has 0 unspecified atom stereocenters. The monoisotopic (exact) mass is 183 g/mol. The maximum atomic E-state index is 10.2. The Labute approximate surface area is 70.8 Å². The molecule has 6 heteroatoms. The van der Waals surface area contributed by atoms with Crippen LogP contribution in [0.2, 0.25) is 0 Å². The number of nitrogens with zero attached hydrogens (tertiary/aromatic N) is 2. The van der Waals surface area contributed by atoms with Gasteiger partial charge in [0.15, 0.2) is 5.82 Å². The highest BCUT2D eigenvalue weighted by atomic mass is 32.2. The van der Waals surface area contributed by atoms with Gasteiger partial charge in [-0.05, 0) is 12.1 Å². The zero-order valence-electron chi connectivity index (χ0n) is 5.89. The van der Waals surface area contributed by atoms with Gasteiger partial charge in [-0.3, -0.25) is 4.72 Å². The number of nitrogens with one attached hydrogen (secondary N) is 1. The maximum Gasteiger partial charge on any atom is 0.223 e. The molecule has 0 radical (unpaired) electrons. The van der Waals surface area contributed by atoms with Crippen LogP contribution in [0.1, 0.15) is 5.56 Å². The Bertz CT molecular complexity index is 386. The Balaban J connectivity index is 3.07. The van der Waals surface area contributed by atoms with Gasteiger partial charge in [-0.2, -0.15) is 5.26 Å². The van der Waals surface area contributed by atoms with Crippen LogP contribution in [-0.2, 0) is 10.9 Å². The van der Waals surface area contributed by atoms with Crippen LogP contribution in [0.5, 0.6) is 0 Å². The van der Waals surface area contributed by atoms with Crippen molar-refractivity contribution >= 4 is 16.7 Å². The summed E-state index contributed by atoms with van der Waals surface area (Å²) in [7, 11) is -2.76. The van der Waals surface area contributed by atoms with Crippen molar-refractivity contribution in [3.8, 4) is 6.07 Å². The van der Waals surface area contributed by atoms with Crippen molar-refractivity contribution in [2.24, 2.45) is 0 Å². The summed E-state index contributed by atoms with van der Waals surface area (Å²) in [6.45, 7) is 0. The van der Waals surface area contributed by atoms with Crippen molar-refractivity contribution in [2.45, 2.75) is 0 Å². The van der Waals surface area contributed by atoms with E-state index in [2.05, 4.69) is 4.98 Å². The minimum atomic E-state index is -2.76. The molecule has 0 bridgehead atoms. The number of aromatic nitrogens is 1. The molecule has 62 valence electrons. The van der Waals surface area contributed by atoms with Crippen molar-refractivity contribution in [3.05, 3.63) is 23.9 Å². The zero-order valence-corrected chi connectivity index (χ0v) is 6.78. The van der Waals surface area contributed by atoms with E-state index in [1.54, 1.807) is 6.07 Å². The molecule has 1 aromatic heterocycles. The summed E-state index contributed by atoms with van der Waals surface area (Å²) in [4.78, 5) is 3.67. The molecule has 0 aromatic carbocycles. The summed E-state index contributed by atoms with van der Waals surface area (Å²) in [6.07, 6.45) is 1.40. The van der Waals surface area contributed by atoms with Crippen LogP contribution in [0.15, 0.2) is 18.3 Å². The molecule has 1 aromatic rings.